The molecule has 2 amide bonds. The van der Waals surface area contributed by atoms with Crippen molar-refractivity contribution in [3.63, 3.8) is 0 Å². The van der Waals surface area contributed by atoms with E-state index in [1.165, 1.54) is 47.5 Å². The van der Waals surface area contributed by atoms with E-state index in [0.717, 1.165) is 11.0 Å². The Hall–Kier alpha value is -4.21. The van der Waals surface area contributed by atoms with Crippen LogP contribution < -0.4 is 15.1 Å². The van der Waals surface area contributed by atoms with E-state index < -0.39 is 60.7 Å². The van der Waals surface area contributed by atoms with Crippen molar-refractivity contribution in [2.45, 2.75) is 56.0 Å². The highest BCUT2D eigenvalue weighted by atomic mass is 35.5. The lowest BCUT2D eigenvalue weighted by molar-refractivity contribution is -0.133. The standard InChI is InChI=1S/C28H24ClF3N6O3/c29-21-7-2-1-6-20(21)24(25(40)35-18-13-28(31,32)14-18)37(19-5-3-4-16(30)12-19)26(41)22-8-9-23(39)38(22)27-34-11-10-17(15-33)36-27/h1-7,10-12,18,22-24,39H,8-9,13-14H2,(H,35,40). The van der Waals surface area contributed by atoms with Crippen molar-refractivity contribution < 1.29 is 27.9 Å². The number of amides is 2. The Morgan fingerprint density at radius 3 is 2.61 bits per heavy atom. The predicted octanol–water partition coefficient (Wildman–Crippen LogP) is 4.12. The first-order chi connectivity index (χ1) is 19.6. The van der Waals surface area contributed by atoms with E-state index in [9.17, 15) is 33.1 Å². The lowest BCUT2D eigenvalue weighted by Crippen LogP contribution is -2.56. The van der Waals surface area contributed by atoms with E-state index in [1.54, 1.807) is 12.1 Å². The summed E-state index contributed by atoms with van der Waals surface area (Å²) >= 11 is 6.49. The summed E-state index contributed by atoms with van der Waals surface area (Å²) in [5.74, 6) is -5.19. The zero-order chi connectivity index (χ0) is 29.3. The van der Waals surface area contributed by atoms with Gasteiger partial charge in [-0.15, -0.1) is 0 Å². The molecule has 1 saturated carbocycles. The molecule has 3 atom stereocenters. The summed E-state index contributed by atoms with van der Waals surface area (Å²) in [6.07, 6.45) is -0.761. The number of alkyl halides is 2. The maximum atomic E-state index is 14.5. The number of anilines is 2. The number of aliphatic hydroxyl groups is 1. The molecule has 2 fully saturated rings. The third kappa shape index (κ3) is 5.82. The highest BCUT2D eigenvalue weighted by Crippen LogP contribution is 2.40. The molecule has 5 rings (SSSR count). The van der Waals surface area contributed by atoms with Gasteiger partial charge in [0.1, 0.15) is 35.9 Å². The summed E-state index contributed by atoms with van der Waals surface area (Å²) in [5.41, 5.74) is 0.193. The Kier molecular flexibility index (Phi) is 7.84. The second kappa shape index (κ2) is 11.3. The Labute approximate surface area is 238 Å². The van der Waals surface area contributed by atoms with Crippen molar-refractivity contribution in [2.24, 2.45) is 0 Å². The van der Waals surface area contributed by atoms with Gasteiger partial charge in [-0.1, -0.05) is 35.9 Å². The normalized spacial score (nSPS) is 20.5. The molecule has 2 aliphatic rings. The maximum absolute atomic E-state index is 14.5. The number of rotatable bonds is 7. The maximum Gasteiger partial charge on any atom is 0.252 e. The lowest BCUT2D eigenvalue weighted by Gasteiger charge is -2.39. The van der Waals surface area contributed by atoms with Crippen LogP contribution in [0.15, 0.2) is 60.8 Å². The Morgan fingerprint density at radius 2 is 1.93 bits per heavy atom. The van der Waals surface area contributed by atoms with Crippen LogP contribution in [0.25, 0.3) is 0 Å². The van der Waals surface area contributed by atoms with Gasteiger partial charge >= 0.3 is 0 Å². The smallest absolute Gasteiger partial charge is 0.252 e. The van der Waals surface area contributed by atoms with Gasteiger partial charge in [0.05, 0.1) is 0 Å². The second-order valence-electron chi connectivity index (χ2n) is 9.92. The van der Waals surface area contributed by atoms with E-state index in [1.807, 2.05) is 6.07 Å². The van der Waals surface area contributed by atoms with Crippen LogP contribution in [-0.4, -0.2) is 51.1 Å². The number of nitriles is 1. The van der Waals surface area contributed by atoms with Gasteiger partial charge in [-0.25, -0.2) is 23.1 Å². The van der Waals surface area contributed by atoms with Crippen LogP contribution in [0.1, 0.15) is 43.0 Å². The first kappa shape index (κ1) is 28.3. The number of halogens is 4. The first-order valence-electron chi connectivity index (χ1n) is 12.8. The summed E-state index contributed by atoms with van der Waals surface area (Å²) in [6, 6.07) is 11.1. The number of aromatic nitrogens is 2. The van der Waals surface area contributed by atoms with Crippen molar-refractivity contribution in [1.82, 2.24) is 15.3 Å². The van der Waals surface area contributed by atoms with E-state index in [-0.39, 0.29) is 40.8 Å². The second-order valence-corrected chi connectivity index (χ2v) is 10.3. The van der Waals surface area contributed by atoms with Crippen molar-refractivity contribution in [3.05, 3.63) is 82.9 Å². The molecule has 0 bridgehead atoms. The number of aliphatic hydroxyl groups excluding tert-OH is 1. The summed E-state index contributed by atoms with van der Waals surface area (Å²) in [5, 5.41) is 22.8. The Morgan fingerprint density at radius 1 is 1.17 bits per heavy atom. The fourth-order valence-corrected chi connectivity index (χ4v) is 5.41. The van der Waals surface area contributed by atoms with Gasteiger partial charge in [0.25, 0.3) is 11.8 Å². The van der Waals surface area contributed by atoms with Gasteiger partial charge in [-0.3, -0.25) is 14.5 Å². The molecule has 3 aromatic rings. The molecule has 1 aromatic heterocycles. The zero-order valence-electron chi connectivity index (χ0n) is 21.4. The molecular weight excluding hydrogens is 561 g/mol. The fraction of sp³-hybridized carbons (Fsp3) is 0.321. The SMILES string of the molecule is N#Cc1ccnc(N2C(O)CCC2C(=O)N(c2cccc(F)c2)C(C(=O)NC2CC(F)(F)C2)c2ccccc2Cl)n1. The molecule has 2 aromatic carbocycles. The minimum atomic E-state index is -2.91. The van der Waals surface area contributed by atoms with Gasteiger partial charge in [0, 0.05) is 41.4 Å². The van der Waals surface area contributed by atoms with Crippen molar-refractivity contribution in [1.29, 1.82) is 5.26 Å². The number of carbonyl (C=O) groups excluding carboxylic acids is 2. The van der Waals surface area contributed by atoms with Crippen molar-refractivity contribution in [2.75, 3.05) is 9.80 Å². The van der Waals surface area contributed by atoms with E-state index in [2.05, 4.69) is 15.3 Å². The average molecular weight is 585 g/mol. The molecule has 9 nitrogen and oxygen atoms in total. The Bertz CT molecular complexity index is 1510. The minimum Gasteiger partial charge on any atom is -0.373 e. The zero-order valence-corrected chi connectivity index (χ0v) is 22.2. The van der Waals surface area contributed by atoms with Crippen LogP contribution in [0.5, 0.6) is 0 Å². The number of nitrogens with zero attached hydrogens (tertiary/aromatic N) is 5. The fourth-order valence-electron chi connectivity index (χ4n) is 5.17. The van der Waals surface area contributed by atoms with E-state index in [0.29, 0.717) is 0 Å². The summed E-state index contributed by atoms with van der Waals surface area (Å²) < 4.78 is 41.7. The third-order valence-electron chi connectivity index (χ3n) is 7.10. The molecule has 212 valence electrons. The van der Waals surface area contributed by atoms with E-state index >= 15 is 0 Å². The van der Waals surface area contributed by atoms with Crippen LogP contribution in [0.2, 0.25) is 5.02 Å². The van der Waals surface area contributed by atoms with Crippen LogP contribution >= 0.6 is 11.6 Å². The number of hydrogen-bond donors (Lipinski definition) is 2. The topological polar surface area (TPSA) is 122 Å². The molecule has 1 aliphatic heterocycles. The third-order valence-corrected chi connectivity index (χ3v) is 7.44. The van der Waals surface area contributed by atoms with E-state index in [4.69, 9.17) is 11.6 Å². The largest absolute Gasteiger partial charge is 0.373 e. The van der Waals surface area contributed by atoms with Crippen molar-refractivity contribution in [3.8, 4) is 6.07 Å². The van der Waals surface area contributed by atoms with Crippen LogP contribution in [0.3, 0.4) is 0 Å². The average Bonchev–Trinajstić information content (AvgIpc) is 3.32. The molecule has 0 spiro atoms. The highest BCUT2D eigenvalue weighted by molar-refractivity contribution is 6.31. The molecule has 3 unspecified atom stereocenters. The molecule has 1 aliphatic carbocycles. The molecule has 13 heteroatoms. The number of nitrogens with one attached hydrogen (secondary N) is 1. The molecule has 0 radical (unpaired) electrons. The molecule has 1 saturated heterocycles. The van der Waals surface area contributed by atoms with Crippen LogP contribution in [-0.2, 0) is 9.59 Å². The van der Waals surface area contributed by atoms with Crippen LogP contribution in [0.4, 0.5) is 24.8 Å². The quantitative estimate of drug-likeness (QED) is 0.428. The number of hydrogen-bond acceptors (Lipinski definition) is 7. The first-order valence-corrected chi connectivity index (χ1v) is 13.2. The number of benzene rings is 2. The highest BCUT2D eigenvalue weighted by Gasteiger charge is 2.48. The van der Waals surface area contributed by atoms with Gasteiger partial charge in [0.2, 0.25) is 11.9 Å². The Balaban J connectivity index is 1.60. The van der Waals surface area contributed by atoms with Gasteiger partial charge in [-0.2, -0.15) is 5.26 Å². The van der Waals surface area contributed by atoms with Crippen LogP contribution in [0, 0.1) is 17.1 Å². The summed E-state index contributed by atoms with van der Waals surface area (Å²) in [4.78, 5) is 38.8. The van der Waals surface area contributed by atoms with Gasteiger partial charge < -0.3 is 15.3 Å². The summed E-state index contributed by atoms with van der Waals surface area (Å²) in [6.45, 7) is 0. The lowest BCUT2D eigenvalue weighted by atomic mass is 9.87. The monoisotopic (exact) mass is 584 g/mol. The molecular formula is C28H24ClF3N6O3. The molecule has 41 heavy (non-hydrogen) atoms. The minimum absolute atomic E-state index is 0.00189. The molecule has 2 heterocycles. The van der Waals surface area contributed by atoms with Gasteiger partial charge in [-0.05, 0) is 43.2 Å². The predicted molar refractivity (Wildman–Crippen MR) is 142 cm³/mol. The summed E-state index contributed by atoms with van der Waals surface area (Å²) in [7, 11) is 0. The number of carbonyl (C=O) groups is 2. The molecule has 2 N–H and O–H groups in total. The van der Waals surface area contributed by atoms with Gasteiger partial charge in [0.15, 0.2) is 0 Å². The van der Waals surface area contributed by atoms with Crippen molar-refractivity contribution >= 4 is 35.1 Å².